The maximum Gasteiger partial charge on any atom is 0.263 e. The first-order valence-corrected chi connectivity index (χ1v) is 13.4. The molecule has 0 fully saturated rings. The quantitative estimate of drug-likeness (QED) is 0.259. The number of thioether (sulfide) groups is 1. The van der Waals surface area contributed by atoms with Crippen LogP contribution in [0.5, 0.6) is 0 Å². The van der Waals surface area contributed by atoms with Crippen LogP contribution >= 0.6 is 11.8 Å². The van der Waals surface area contributed by atoms with Crippen LogP contribution in [0.15, 0.2) is 81.4 Å². The zero-order valence-electron chi connectivity index (χ0n) is 19.6. The van der Waals surface area contributed by atoms with Crippen LogP contribution in [0.1, 0.15) is 17.5 Å². The first-order chi connectivity index (χ1) is 18.3. The maximum absolute atomic E-state index is 12.5. The Hall–Kier alpha value is -4.85. The van der Waals surface area contributed by atoms with E-state index in [1.54, 1.807) is 24.3 Å². The smallest absolute Gasteiger partial charge is 0.263 e. The zero-order valence-corrected chi connectivity index (χ0v) is 21.2. The third kappa shape index (κ3) is 5.92. The predicted octanol–water partition coefficient (Wildman–Crippen LogP) is 3.98. The summed E-state index contributed by atoms with van der Waals surface area (Å²) < 4.78 is 32.8. The Kier molecular flexibility index (Phi) is 7.91. The van der Waals surface area contributed by atoms with Crippen molar-refractivity contribution in [1.29, 1.82) is 10.5 Å². The van der Waals surface area contributed by atoms with Crippen molar-refractivity contribution in [2.24, 2.45) is 0 Å². The van der Waals surface area contributed by atoms with Gasteiger partial charge in [0.2, 0.25) is 5.91 Å². The van der Waals surface area contributed by atoms with Gasteiger partial charge in [0, 0.05) is 24.1 Å². The second-order valence-corrected chi connectivity index (χ2v) is 10.4. The third-order valence-electron chi connectivity index (χ3n) is 5.10. The SMILES string of the molecule is N#Cc1c(N)nc(SCCC(=O)Nc2ccc(S(=O)(=O)Nc3ccccn3)cc2)c(C#N)c1-c1ccco1. The lowest BCUT2D eigenvalue weighted by Crippen LogP contribution is -2.15. The number of pyridine rings is 2. The molecular weight excluding hydrogens is 526 g/mol. The number of furan rings is 1. The second-order valence-electron chi connectivity index (χ2n) is 7.62. The number of hydrogen-bond donors (Lipinski definition) is 3. The number of nitrogens with two attached hydrogens (primary N) is 1. The summed E-state index contributed by atoms with van der Waals surface area (Å²) >= 11 is 1.14. The Bertz CT molecular complexity index is 1640. The number of amides is 1. The Labute approximate surface area is 222 Å². The van der Waals surface area contributed by atoms with Gasteiger partial charge in [-0.1, -0.05) is 6.07 Å². The van der Waals surface area contributed by atoms with Crippen molar-refractivity contribution < 1.29 is 17.6 Å². The van der Waals surface area contributed by atoms with Crippen LogP contribution in [0.25, 0.3) is 11.3 Å². The van der Waals surface area contributed by atoms with Crippen molar-refractivity contribution in [2.45, 2.75) is 16.3 Å². The van der Waals surface area contributed by atoms with Gasteiger partial charge in [0.25, 0.3) is 10.0 Å². The third-order valence-corrected chi connectivity index (χ3v) is 7.45. The van der Waals surface area contributed by atoms with Gasteiger partial charge >= 0.3 is 0 Å². The molecule has 4 N–H and O–H groups in total. The topological polar surface area (TPSA) is 188 Å². The Morgan fingerprint density at radius 2 is 1.82 bits per heavy atom. The van der Waals surface area contributed by atoms with E-state index < -0.39 is 10.0 Å². The van der Waals surface area contributed by atoms with Gasteiger partial charge in [-0.15, -0.1) is 11.8 Å². The molecule has 38 heavy (non-hydrogen) atoms. The predicted molar refractivity (Wildman–Crippen MR) is 141 cm³/mol. The molecular formula is C25H19N7O4S2. The molecule has 0 radical (unpaired) electrons. The number of nitrogen functional groups attached to an aromatic ring is 1. The zero-order chi connectivity index (χ0) is 27.1. The summed E-state index contributed by atoms with van der Waals surface area (Å²) in [4.78, 5) is 20.6. The molecule has 0 atom stereocenters. The fourth-order valence-corrected chi connectivity index (χ4v) is 5.31. The summed E-state index contributed by atoms with van der Waals surface area (Å²) in [6, 6.07) is 17.8. The van der Waals surface area contributed by atoms with Gasteiger partial charge in [-0.25, -0.2) is 18.4 Å². The molecule has 4 aromatic rings. The van der Waals surface area contributed by atoms with E-state index in [1.165, 1.54) is 42.8 Å². The fraction of sp³-hybridized carbons (Fsp3) is 0.0800. The van der Waals surface area contributed by atoms with E-state index in [0.717, 1.165) is 11.8 Å². The standard InChI is InChI=1S/C25H19N7O4S2/c26-14-18-23(20-4-3-12-36-20)19(15-27)25(31-24(18)28)37-13-10-22(33)30-16-6-8-17(9-7-16)38(34,35)32-21-5-1-2-11-29-21/h1-9,11-12H,10,13H2,(H2,28,31)(H,29,32)(H,30,33). The Balaban J connectivity index is 1.39. The highest BCUT2D eigenvalue weighted by Crippen LogP contribution is 2.36. The summed E-state index contributed by atoms with van der Waals surface area (Å²) in [6.45, 7) is 0. The number of anilines is 3. The highest BCUT2D eigenvalue weighted by Gasteiger charge is 2.22. The molecule has 3 aromatic heterocycles. The van der Waals surface area contributed by atoms with E-state index >= 15 is 0 Å². The number of nitriles is 2. The minimum atomic E-state index is -3.84. The van der Waals surface area contributed by atoms with Crippen LogP contribution in [0.2, 0.25) is 0 Å². The van der Waals surface area contributed by atoms with E-state index in [1.807, 2.05) is 6.07 Å². The van der Waals surface area contributed by atoms with Crippen LogP contribution in [-0.2, 0) is 14.8 Å². The van der Waals surface area contributed by atoms with Crippen LogP contribution in [-0.4, -0.2) is 30.0 Å². The summed E-state index contributed by atoms with van der Waals surface area (Å²) in [7, 11) is -3.84. The average molecular weight is 546 g/mol. The molecule has 4 rings (SSSR count). The molecule has 0 aliphatic rings. The lowest BCUT2D eigenvalue weighted by molar-refractivity contribution is -0.115. The summed E-state index contributed by atoms with van der Waals surface area (Å²) in [6.07, 6.45) is 2.96. The molecule has 11 nitrogen and oxygen atoms in total. The van der Waals surface area contributed by atoms with E-state index in [-0.39, 0.29) is 56.3 Å². The number of rotatable bonds is 9. The van der Waals surface area contributed by atoms with Gasteiger partial charge in [0.1, 0.15) is 40.1 Å². The fourth-order valence-electron chi connectivity index (χ4n) is 3.37. The first kappa shape index (κ1) is 26.2. The molecule has 1 amide bonds. The van der Waals surface area contributed by atoms with E-state index in [2.05, 4.69) is 26.1 Å². The number of nitrogens with zero attached hydrogens (tertiary/aromatic N) is 4. The van der Waals surface area contributed by atoms with Crippen molar-refractivity contribution >= 4 is 45.0 Å². The number of carbonyl (C=O) groups is 1. The van der Waals surface area contributed by atoms with Crippen molar-refractivity contribution in [3.8, 4) is 23.5 Å². The van der Waals surface area contributed by atoms with Gasteiger partial charge in [-0.3, -0.25) is 9.52 Å². The van der Waals surface area contributed by atoms with E-state index in [4.69, 9.17) is 10.2 Å². The number of sulfonamides is 1. The van der Waals surface area contributed by atoms with Gasteiger partial charge in [-0.2, -0.15) is 10.5 Å². The monoisotopic (exact) mass is 545 g/mol. The van der Waals surface area contributed by atoms with E-state index in [9.17, 15) is 23.7 Å². The average Bonchev–Trinajstić information content (AvgIpc) is 3.44. The van der Waals surface area contributed by atoms with Crippen LogP contribution in [0.4, 0.5) is 17.3 Å². The summed E-state index contributed by atoms with van der Waals surface area (Å²) in [5.74, 6) is 0.393. The summed E-state index contributed by atoms with van der Waals surface area (Å²) in [5.41, 5.74) is 6.80. The van der Waals surface area contributed by atoms with Crippen LogP contribution in [0.3, 0.4) is 0 Å². The number of nitrogens with one attached hydrogen (secondary N) is 2. The summed E-state index contributed by atoms with van der Waals surface area (Å²) in [5, 5.41) is 22.2. The molecule has 0 saturated heterocycles. The molecule has 0 bridgehead atoms. The van der Waals surface area contributed by atoms with Crippen molar-refractivity contribution in [1.82, 2.24) is 9.97 Å². The number of hydrogen-bond acceptors (Lipinski definition) is 10. The molecule has 190 valence electrons. The van der Waals surface area contributed by atoms with Gasteiger partial charge < -0.3 is 15.5 Å². The minimum absolute atomic E-state index is 0.0116. The number of aromatic nitrogens is 2. The molecule has 3 heterocycles. The number of carbonyl (C=O) groups excluding carboxylic acids is 1. The molecule has 0 saturated carbocycles. The van der Waals surface area contributed by atoms with Crippen molar-refractivity contribution in [3.63, 3.8) is 0 Å². The van der Waals surface area contributed by atoms with Gasteiger partial charge in [0.15, 0.2) is 0 Å². The van der Waals surface area contributed by atoms with Gasteiger partial charge in [-0.05, 0) is 48.5 Å². The Morgan fingerprint density at radius 3 is 2.45 bits per heavy atom. The lowest BCUT2D eigenvalue weighted by Gasteiger charge is -2.11. The van der Waals surface area contributed by atoms with Crippen LogP contribution in [0, 0.1) is 22.7 Å². The Morgan fingerprint density at radius 1 is 1.05 bits per heavy atom. The van der Waals surface area contributed by atoms with E-state index in [0.29, 0.717) is 11.4 Å². The second kappa shape index (κ2) is 11.5. The molecule has 0 aliphatic carbocycles. The molecule has 0 aliphatic heterocycles. The minimum Gasteiger partial charge on any atom is -0.464 e. The molecule has 0 spiro atoms. The van der Waals surface area contributed by atoms with Gasteiger partial charge in [0.05, 0.1) is 22.3 Å². The number of benzene rings is 1. The lowest BCUT2D eigenvalue weighted by atomic mass is 10.0. The van der Waals surface area contributed by atoms with Crippen LogP contribution < -0.4 is 15.8 Å². The molecule has 13 heteroatoms. The van der Waals surface area contributed by atoms with Crippen molar-refractivity contribution in [3.05, 3.63) is 78.2 Å². The highest BCUT2D eigenvalue weighted by atomic mass is 32.2. The normalized spacial score (nSPS) is 10.8. The molecule has 1 aromatic carbocycles. The maximum atomic E-state index is 12.5. The largest absolute Gasteiger partial charge is 0.464 e. The van der Waals surface area contributed by atoms with Crippen molar-refractivity contribution in [2.75, 3.05) is 21.5 Å². The first-order valence-electron chi connectivity index (χ1n) is 11.0. The molecule has 0 unspecified atom stereocenters. The highest BCUT2D eigenvalue weighted by molar-refractivity contribution is 7.99.